The molecular formula is C7H5ClF2INO. The van der Waals surface area contributed by atoms with E-state index in [1.807, 2.05) is 0 Å². The zero-order valence-corrected chi connectivity index (χ0v) is 9.20. The van der Waals surface area contributed by atoms with Crippen molar-refractivity contribution in [1.82, 2.24) is 4.98 Å². The first-order chi connectivity index (χ1) is 6.06. The van der Waals surface area contributed by atoms with Crippen LogP contribution in [-0.4, -0.2) is 4.98 Å². The highest BCUT2D eigenvalue weighted by molar-refractivity contribution is 14.1. The maximum atomic E-state index is 12.2. The van der Waals surface area contributed by atoms with Crippen LogP contribution < -0.4 is 5.43 Å². The number of hydrogen-bond acceptors (Lipinski definition) is 1. The first-order valence-electron chi connectivity index (χ1n) is 3.32. The summed E-state index contributed by atoms with van der Waals surface area (Å²) in [6.45, 7) is 0. The maximum Gasteiger partial charge on any atom is 0.278 e. The Kier molecular flexibility index (Phi) is 3.66. The number of halogens is 4. The van der Waals surface area contributed by atoms with Crippen molar-refractivity contribution in [2.75, 3.05) is 0 Å². The molecule has 1 aromatic heterocycles. The predicted octanol–water partition coefficient (Wildman–Crippen LogP) is 2.66. The minimum Gasteiger partial charge on any atom is -0.356 e. The fourth-order valence-corrected chi connectivity index (χ4v) is 1.74. The molecule has 1 N–H and O–H groups in total. The van der Waals surface area contributed by atoms with Gasteiger partial charge in [-0.05, 0) is 22.6 Å². The van der Waals surface area contributed by atoms with Crippen LogP contribution in [-0.2, 0) is 5.88 Å². The van der Waals surface area contributed by atoms with Gasteiger partial charge in [-0.3, -0.25) is 4.79 Å². The second kappa shape index (κ2) is 4.36. The highest BCUT2D eigenvalue weighted by atomic mass is 127. The largest absolute Gasteiger partial charge is 0.356 e. The smallest absolute Gasteiger partial charge is 0.278 e. The summed E-state index contributed by atoms with van der Waals surface area (Å²) in [4.78, 5) is 13.5. The third-order valence-corrected chi connectivity index (χ3v) is 2.88. The number of aromatic amines is 1. The van der Waals surface area contributed by atoms with Crippen molar-refractivity contribution in [3.8, 4) is 0 Å². The number of H-pyrrole nitrogens is 1. The van der Waals surface area contributed by atoms with Gasteiger partial charge >= 0.3 is 0 Å². The van der Waals surface area contributed by atoms with Gasteiger partial charge in [0.1, 0.15) is 0 Å². The lowest BCUT2D eigenvalue weighted by molar-refractivity contribution is 0.145. The zero-order chi connectivity index (χ0) is 10.0. The summed E-state index contributed by atoms with van der Waals surface area (Å²) in [5.74, 6) is 0.0219. The first kappa shape index (κ1) is 10.9. The van der Waals surface area contributed by atoms with Crippen LogP contribution in [0.4, 0.5) is 8.78 Å². The van der Waals surface area contributed by atoms with Crippen LogP contribution in [0.2, 0.25) is 0 Å². The molecule has 0 aliphatic carbocycles. The van der Waals surface area contributed by atoms with Gasteiger partial charge in [-0.25, -0.2) is 8.78 Å². The molecule has 0 amide bonds. The lowest BCUT2D eigenvalue weighted by Gasteiger charge is -2.04. The molecule has 1 rings (SSSR count). The van der Waals surface area contributed by atoms with Crippen LogP contribution in [0.25, 0.3) is 0 Å². The topological polar surface area (TPSA) is 32.9 Å². The molecule has 0 fully saturated rings. The summed E-state index contributed by atoms with van der Waals surface area (Å²) in [6.07, 6.45) is -2.67. The van der Waals surface area contributed by atoms with E-state index in [9.17, 15) is 13.6 Å². The van der Waals surface area contributed by atoms with Crippen molar-refractivity contribution in [2.45, 2.75) is 12.3 Å². The summed E-state index contributed by atoms with van der Waals surface area (Å²) in [5.41, 5.74) is -0.476. The van der Waals surface area contributed by atoms with Gasteiger partial charge in [-0.15, -0.1) is 11.6 Å². The molecule has 6 heteroatoms. The van der Waals surface area contributed by atoms with Gasteiger partial charge in [0.05, 0.1) is 15.1 Å². The average Bonchev–Trinajstić information content (AvgIpc) is 2.09. The predicted molar refractivity (Wildman–Crippen MR) is 54.3 cm³/mol. The number of aromatic nitrogens is 1. The number of rotatable bonds is 2. The molecule has 0 aliphatic heterocycles. The zero-order valence-electron chi connectivity index (χ0n) is 6.28. The Labute approximate surface area is 91.4 Å². The SMILES string of the molecule is O=c1cc(C(F)F)[nH]c(CCl)c1I. The van der Waals surface area contributed by atoms with E-state index < -0.39 is 11.9 Å². The molecular weight excluding hydrogens is 314 g/mol. The van der Waals surface area contributed by atoms with E-state index in [2.05, 4.69) is 4.98 Å². The van der Waals surface area contributed by atoms with Crippen molar-refractivity contribution in [2.24, 2.45) is 0 Å². The minimum absolute atomic E-state index is 0.0219. The maximum absolute atomic E-state index is 12.2. The standard InChI is InChI=1S/C7H5ClF2INO/c8-2-4-6(11)5(13)1-3(12-4)7(9)10/h1,7H,2H2,(H,12,13). The van der Waals surface area contributed by atoms with E-state index in [4.69, 9.17) is 11.6 Å². The molecule has 0 bridgehead atoms. The van der Waals surface area contributed by atoms with E-state index in [-0.39, 0.29) is 11.6 Å². The molecule has 2 nitrogen and oxygen atoms in total. The third kappa shape index (κ3) is 2.40. The Morgan fingerprint density at radius 3 is 2.69 bits per heavy atom. The highest BCUT2D eigenvalue weighted by Crippen LogP contribution is 2.17. The molecule has 0 atom stereocenters. The molecule has 13 heavy (non-hydrogen) atoms. The summed E-state index contributed by atoms with van der Waals surface area (Å²) in [6, 6.07) is 0.891. The Morgan fingerprint density at radius 2 is 2.23 bits per heavy atom. The molecule has 72 valence electrons. The van der Waals surface area contributed by atoms with Gasteiger partial charge in [0, 0.05) is 11.8 Å². The second-order valence-corrected chi connectivity index (χ2v) is 3.66. The van der Waals surface area contributed by atoms with Gasteiger partial charge in [0.2, 0.25) is 0 Å². The molecule has 1 aromatic rings. The molecule has 1 heterocycles. The second-order valence-electron chi connectivity index (χ2n) is 2.32. The van der Waals surface area contributed by atoms with Crippen molar-refractivity contribution in [1.29, 1.82) is 0 Å². The van der Waals surface area contributed by atoms with Crippen LogP contribution in [0.1, 0.15) is 17.8 Å². The quantitative estimate of drug-likeness (QED) is 0.660. The first-order valence-corrected chi connectivity index (χ1v) is 4.93. The Bertz CT molecular complexity index is 366. The Hall–Kier alpha value is -0.170. The van der Waals surface area contributed by atoms with Crippen LogP contribution in [0.3, 0.4) is 0 Å². The van der Waals surface area contributed by atoms with Crippen LogP contribution in [0, 0.1) is 3.57 Å². The highest BCUT2D eigenvalue weighted by Gasteiger charge is 2.12. The fraction of sp³-hybridized carbons (Fsp3) is 0.286. The third-order valence-electron chi connectivity index (χ3n) is 1.43. The van der Waals surface area contributed by atoms with Gasteiger partial charge < -0.3 is 4.98 Å². The monoisotopic (exact) mass is 319 g/mol. The van der Waals surface area contributed by atoms with E-state index >= 15 is 0 Å². The molecule has 0 aliphatic rings. The lowest BCUT2D eigenvalue weighted by Crippen LogP contribution is -2.12. The van der Waals surface area contributed by atoms with E-state index in [1.54, 1.807) is 22.6 Å². The van der Waals surface area contributed by atoms with Crippen molar-refractivity contribution >= 4 is 34.2 Å². The molecule has 0 saturated heterocycles. The van der Waals surface area contributed by atoms with Gasteiger partial charge in [-0.2, -0.15) is 0 Å². The van der Waals surface area contributed by atoms with E-state index in [1.165, 1.54) is 0 Å². The molecule has 0 saturated carbocycles. The fourth-order valence-electron chi connectivity index (χ4n) is 0.828. The normalized spacial score (nSPS) is 10.8. The van der Waals surface area contributed by atoms with Crippen molar-refractivity contribution in [3.63, 3.8) is 0 Å². The van der Waals surface area contributed by atoms with Crippen molar-refractivity contribution in [3.05, 3.63) is 31.2 Å². The molecule has 0 unspecified atom stereocenters. The molecule has 0 radical (unpaired) electrons. The van der Waals surface area contributed by atoms with Crippen LogP contribution in [0.15, 0.2) is 10.9 Å². The minimum atomic E-state index is -2.67. The van der Waals surface area contributed by atoms with E-state index in [0.717, 1.165) is 6.07 Å². The van der Waals surface area contributed by atoms with Crippen LogP contribution in [0.5, 0.6) is 0 Å². The lowest BCUT2D eigenvalue weighted by atomic mass is 10.3. The average molecular weight is 319 g/mol. The van der Waals surface area contributed by atoms with Gasteiger partial charge in [-0.1, -0.05) is 0 Å². The summed E-state index contributed by atoms with van der Waals surface area (Å²) in [7, 11) is 0. The number of alkyl halides is 3. The number of hydrogen-bond donors (Lipinski definition) is 1. The summed E-state index contributed by atoms with van der Waals surface area (Å²) in [5, 5.41) is 0. The van der Waals surface area contributed by atoms with E-state index in [0.29, 0.717) is 9.26 Å². The van der Waals surface area contributed by atoms with Crippen LogP contribution >= 0.6 is 34.2 Å². The Morgan fingerprint density at radius 1 is 1.62 bits per heavy atom. The molecule has 0 spiro atoms. The van der Waals surface area contributed by atoms with Gasteiger partial charge in [0.15, 0.2) is 5.43 Å². The van der Waals surface area contributed by atoms with Gasteiger partial charge in [0.25, 0.3) is 6.43 Å². The summed E-state index contributed by atoms with van der Waals surface area (Å²) >= 11 is 7.23. The molecule has 0 aromatic carbocycles. The Balaban J connectivity index is 3.31. The summed E-state index contributed by atoms with van der Waals surface area (Å²) < 4.78 is 24.7. The number of nitrogens with one attached hydrogen (secondary N) is 1. The number of pyridine rings is 1. The van der Waals surface area contributed by atoms with Crippen molar-refractivity contribution < 1.29 is 8.78 Å².